The summed E-state index contributed by atoms with van der Waals surface area (Å²) in [5.41, 5.74) is 4.97. The highest BCUT2D eigenvalue weighted by Crippen LogP contribution is 2.33. The number of carbonyl (C=O) groups is 1. The summed E-state index contributed by atoms with van der Waals surface area (Å²) in [6, 6.07) is 22.8. The van der Waals surface area contributed by atoms with Crippen molar-refractivity contribution in [2.45, 2.75) is 39.3 Å². The fraction of sp³-hybridized carbons (Fsp3) is 0.241. The third-order valence-electron chi connectivity index (χ3n) is 6.53. The molecular weight excluding hydrogens is 519 g/mol. The monoisotopic (exact) mass is 546 g/mol. The van der Waals surface area contributed by atoms with Crippen LogP contribution in [0.2, 0.25) is 0 Å². The molecule has 0 fully saturated rings. The Morgan fingerprint density at radius 1 is 1.00 bits per heavy atom. The Balaban J connectivity index is 1.33. The topological polar surface area (TPSA) is 50.2 Å². The van der Waals surface area contributed by atoms with E-state index >= 15 is 0 Å². The SMILES string of the molecule is Cc1ccc(Nc2c(-c3ccc(F)cc3)nc3n2CCN(C(=O)CCCc2ccc(Br)cc2)C3)cc1. The third-order valence-corrected chi connectivity index (χ3v) is 7.06. The fourth-order valence-electron chi connectivity index (χ4n) is 4.51. The predicted octanol–water partition coefficient (Wildman–Crippen LogP) is 6.87. The first-order valence-corrected chi connectivity index (χ1v) is 13.0. The van der Waals surface area contributed by atoms with Gasteiger partial charge in [-0.2, -0.15) is 0 Å². The van der Waals surface area contributed by atoms with Gasteiger partial charge in [-0.1, -0.05) is 45.8 Å². The number of nitrogens with one attached hydrogen (secondary N) is 1. The highest BCUT2D eigenvalue weighted by atomic mass is 79.9. The molecule has 4 aromatic rings. The lowest BCUT2D eigenvalue weighted by molar-refractivity contribution is -0.132. The number of anilines is 2. The first-order chi connectivity index (χ1) is 17.5. The number of aryl methyl sites for hydroxylation is 2. The molecule has 0 atom stereocenters. The molecule has 0 saturated carbocycles. The Hall–Kier alpha value is -3.45. The van der Waals surface area contributed by atoms with Gasteiger partial charge in [0.15, 0.2) is 0 Å². The van der Waals surface area contributed by atoms with Crippen LogP contribution in [0, 0.1) is 12.7 Å². The van der Waals surface area contributed by atoms with Crippen molar-refractivity contribution >= 4 is 33.3 Å². The summed E-state index contributed by atoms with van der Waals surface area (Å²) in [5, 5.41) is 3.52. The minimum atomic E-state index is -0.282. The molecule has 184 valence electrons. The smallest absolute Gasteiger partial charge is 0.223 e. The lowest BCUT2D eigenvalue weighted by Gasteiger charge is -2.28. The first kappa shape index (κ1) is 24.3. The molecule has 1 aliphatic rings. The van der Waals surface area contributed by atoms with E-state index in [1.807, 2.05) is 29.2 Å². The molecular formula is C29H28BrFN4O. The van der Waals surface area contributed by atoms with Crippen LogP contribution in [0.4, 0.5) is 15.9 Å². The molecule has 0 spiro atoms. The quantitative estimate of drug-likeness (QED) is 0.275. The Labute approximate surface area is 219 Å². The van der Waals surface area contributed by atoms with Crippen LogP contribution in [0.15, 0.2) is 77.3 Å². The molecule has 5 nitrogen and oxygen atoms in total. The van der Waals surface area contributed by atoms with Gasteiger partial charge < -0.3 is 14.8 Å². The highest BCUT2D eigenvalue weighted by molar-refractivity contribution is 9.10. The molecule has 1 aliphatic heterocycles. The maximum Gasteiger partial charge on any atom is 0.223 e. The number of rotatable bonds is 7. The molecule has 0 bridgehead atoms. The molecule has 0 saturated heterocycles. The fourth-order valence-corrected chi connectivity index (χ4v) is 4.77. The molecule has 3 aromatic carbocycles. The number of hydrogen-bond acceptors (Lipinski definition) is 3. The number of nitrogens with zero attached hydrogens (tertiary/aromatic N) is 3. The van der Waals surface area contributed by atoms with Crippen LogP contribution in [-0.2, 0) is 24.3 Å². The normalized spacial score (nSPS) is 12.9. The van der Waals surface area contributed by atoms with Crippen molar-refractivity contribution in [2.24, 2.45) is 0 Å². The van der Waals surface area contributed by atoms with Crippen molar-refractivity contribution in [1.29, 1.82) is 0 Å². The zero-order chi connectivity index (χ0) is 25.1. The zero-order valence-corrected chi connectivity index (χ0v) is 21.8. The van der Waals surface area contributed by atoms with E-state index in [0.717, 1.165) is 45.9 Å². The number of hydrogen-bond donors (Lipinski definition) is 1. The van der Waals surface area contributed by atoms with Gasteiger partial charge in [0.25, 0.3) is 0 Å². The summed E-state index contributed by atoms with van der Waals surface area (Å²) in [7, 11) is 0. The minimum absolute atomic E-state index is 0.151. The van der Waals surface area contributed by atoms with Crippen LogP contribution >= 0.6 is 15.9 Å². The molecule has 0 aliphatic carbocycles. The Morgan fingerprint density at radius 2 is 1.72 bits per heavy atom. The average molecular weight is 547 g/mol. The van der Waals surface area contributed by atoms with Crippen molar-refractivity contribution < 1.29 is 9.18 Å². The highest BCUT2D eigenvalue weighted by Gasteiger charge is 2.26. The van der Waals surface area contributed by atoms with Crippen LogP contribution < -0.4 is 5.32 Å². The Morgan fingerprint density at radius 3 is 2.44 bits per heavy atom. The lowest BCUT2D eigenvalue weighted by Crippen LogP contribution is -2.38. The van der Waals surface area contributed by atoms with Gasteiger partial charge in [-0.3, -0.25) is 4.79 Å². The van der Waals surface area contributed by atoms with E-state index in [0.29, 0.717) is 26.1 Å². The second-order valence-corrected chi connectivity index (χ2v) is 10.1. The first-order valence-electron chi connectivity index (χ1n) is 12.2. The average Bonchev–Trinajstić information content (AvgIpc) is 3.24. The van der Waals surface area contributed by atoms with Crippen LogP contribution in [-0.4, -0.2) is 26.9 Å². The van der Waals surface area contributed by atoms with E-state index in [2.05, 4.69) is 57.0 Å². The van der Waals surface area contributed by atoms with Gasteiger partial charge in [-0.15, -0.1) is 0 Å². The summed E-state index contributed by atoms with van der Waals surface area (Å²) >= 11 is 3.46. The molecule has 0 unspecified atom stereocenters. The second-order valence-electron chi connectivity index (χ2n) is 9.17. The van der Waals surface area contributed by atoms with Crippen molar-refractivity contribution in [2.75, 3.05) is 11.9 Å². The largest absolute Gasteiger partial charge is 0.340 e. The Bertz CT molecular complexity index is 1350. The van der Waals surface area contributed by atoms with E-state index in [-0.39, 0.29) is 11.7 Å². The number of benzene rings is 3. The summed E-state index contributed by atoms with van der Waals surface area (Å²) in [6.45, 7) is 3.79. The molecule has 1 aromatic heterocycles. The number of fused-ring (bicyclic) bond motifs is 1. The number of amides is 1. The Kier molecular flexibility index (Phi) is 7.18. The second kappa shape index (κ2) is 10.7. The van der Waals surface area contributed by atoms with Gasteiger partial charge in [-0.05, 0) is 73.9 Å². The van der Waals surface area contributed by atoms with E-state index in [1.165, 1.54) is 23.3 Å². The summed E-state index contributed by atoms with van der Waals surface area (Å²) in [4.78, 5) is 19.8. The maximum atomic E-state index is 13.6. The molecule has 36 heavy (non-hydrogen) atoms. The maximum absolute atomic E-state index is 13.6. The van der Waals surface area contributed by atoms with Gasteiger partial charge in [0, 0.05) is 35.2 Å². The van der Waals surface area contributed by atoms with E-state index in [9.17, 15) is 9.18 Å². The molecule has 7 heteroatoms. The zero-order valence-electron chi connectivity index (χ0n) is 20.2. The molecule has 1 amide bonds. The van der Waals surface area contributed by atoms with Gasteiger partial charge in [0.2, 0.25) is 5.91 Å². The number of carbonyl (C=O) groups excluding carboxylic acids is 1. The van der Waals surface area contributed by atoms with E-state index in [1.54, 1.807) is 12.1 Å². The molecule has 2 heterocycles. The third kappa shape index (κ3) is 5.51. The molecule has 0 radical (unpaired) electrons. The van der Waals surface area contributed by atoms with Crippen LogP contribution in [0.25, 0.3) is 11.3 Å². The summed E-state index contributed by atoms with van der Waals surface area (Å²) in [6.07, 6.45) is 2.20. The van der Waals surface area contributed by atoms with E-state index in [4.69, 9.17) is 4.98 Å². The van der Waals surface area contributed by atoms with Crippen molar-refractivity contribution in [3.63, 3.8) is 0 Å². The van der Waals surface area contributed by atoms with Crippen LogP contribution in [0.5, 0.6) is 0 Å². The number of halogens is 2. The number of imidazole rings is 1. The standard InChI is InChI=1S/C29H28BrFN4O/c1-20-5-15-25(16-6-20)32-29-28(22-9-13-24(31)14-10-22)33-26-19-34(17-18-35(26)29)27(36)4-2-3-21-7-11-23(30)12-8-21/h5-16,32H,2-4,17-19H2,1H3. The van der Waals surface area contributed by atoms with Crippen LogP contribution in [0.3, 0.4) is 0 Å². The van der Waals surface area contributed by atoms with Crippen molar-refractivity contribution in [3.8, 4) is 11.3 Å². The predicted molar refractivity (Wildman–Crippen MR) is 145 cm³/mol. The summed E-state index contributed by atoms with van der Waals surface area (Å²) < 4.78 is 16.8. The van der Waals surface area contributed by atoms with Gasteiger partial charge in [-0.25, -0.2) is 9.37 Å². The van der Waals surface area contributed by atoms with Gasteiger partial charge in [0.05, 0.1) is 6.54 Å². The number of aromatic nitrogens is 2. The van der Waals surface area contributed by atoms with Gasteiger partial charge in [0.1, 0.15) is 23.2 Å². The van der Waals surface area contributed by atoms with E-state index < -0.39 is 0 Å². The van der Waals surface area contributed by atoms with Gasteiger partial charge >= 0.3 is 0 Å². The minimum Gasteiger partial charge on any atom is -0.340 e. The molecule has 5 rings (SSSR count). The lowest BCUT2D eigenvalue weighted by atomic mass is 10.1. The van der Waals surface area contributed by atoms with Crippen molar-refractivity contribution in [1.82, 2.24) is 14.5 Å². The van der Waals surface area contributed by atoms with Crippen molar-refractivity contribution in [3.05, 3.63) is 100 Å². The molecule has 1 N–H and O–H groups in total. The van der Waals surface area contributed by atoms with Crippen LogP contribution in [0.1, 0.15) is 29.8 Å². The summed E-state index contributed by atoms with van der Waals surface area (Å²) in [5.74, 6) is 1.56.